The Bertz CT molecular complexity index is 2000. The monoisotopic (exact) mass is 794 g/mol. The Balaban J connectivity index is 1.24. The molecule has 0 aromatic heterocycles. The van der Waals surface area contributed by atoms with Gasteiger partial charge in [0.05, 0.1) is 0 Å². The van der Waals surface area contributed by atoms with E-state index >= 15 is 0 Å². The lowest BCUT2D eigenvalue weighted by molar-refractivity contribution is -0.375. The quantitative estimate of drug-likeness (QED) is 0.0971. The number of hydrogen-bond acceptors (Lipinski definition) is 16. The molecule has 2 atom stereocenters. The van der Waals surface area contributed by atoms with Crippen LogP contribution >= 0.6 is 0 Å². The van der Waals surface area contributed by atoms with Crippen LogP contribution in [0.3, 0.4) is 0 Å². The fourth-order valence-corrected chi connectivity index (χ4v) is 6.25. The molecule has 2 N–H and O–H groups in total. The number of ether oxygens (including phenoxy) is 8. The Hall–Kier alpha value is -6.06. The van der Waals surface area contributed by atoms with Crippen LogP contribution in [-0.4, -0.2) is 69.2 Å². The molecular weight excluding hydrogens is 748 g/mol. The number of allylic oxidation sites excluding steroid dienone is 8. The molecule has 0 aromatic rings. The second-order valence-electron chi connectivity index (χ2n) is 15.6. The van der Waals surface area contributed by atoms with Crippen LogP contribution in [0.1, 0.15) is 88.0 Å². The first-order valence-electron chi connectivity index (χ1n) is 18.2. The molecule has 4 heterocycles. The van der Waals surface area contributed by atoms with Crippen molar-refractivity contribution in [2.24, 2.45) is 11.3 Å². The summed E-state index contributed by atoms with van der Waals surface area (Å²) in [5.74, 6) is -14.4. The van der Waals surface area contributed by atoms with E-state index in [4.69, 9.17) is 37.9 Å². The smallest absolute Gasteiger partial charge is 0.348 e. The number of cyclic esters (lactones) is 4. The first-order chi connectivity index (χ1) is 26.4. The Kier molecular flexibility index (Phi) is 11.2. The zero-order valence-electron chi connectivity index (χ0n) is 33.1. The lowest BCUT2D eigenvalue weighted by Crippen LogP contribution is -2.61. The first-order valence-corrected chi connectivity index (χ1v) is 18.2. The molecule has 306 valence electrons. The average molecular weight is 795 g/mol. The molecule has 57 heavy (non-hydrogen) atoms. The molecule has 0 amide bonds. The molecule has 0 bridgehead atoms. The second-order valence-corrected chi connectivity index (χ2v) is 15.6. The molecule has 5 aliphatic rings. The van der Waals surface area contributed by atoms with Crippen LogP contribution in [0.2, 0.25) is 0 Å². The number of aliphatic hydroxyl groups excluding tert-OH is 2. The molecule has 2 saturated heterocycles. The van der Waals surface area contributed by atoms with E-state index in [0.717, 1.165) is 38.8 Å². The van der Waals surface area contributed by atoms with Gasteiger partial charge in [0, 0.05) is 40.5 Å². The summed E-state index contributed by atoms with van der Waals surface area (Å²) in [5, 5.41) is 21.4. The third-order valence-electron chi connectivity index (χ3n) is 10.6. The van der Waals surface area contributed by atoms with Crippen LogP contribution in [0.15, 0.2) is 93.9 Å². The minimum Gasteiger partial charge on any atom is -0.480 e. The van der Waals surface area contributed by atoms with Crippen molar-refractivity contribution in [2.45, 2.75) is 111 Å². The summed E-state index contributed by atoms with van der Waals surface area (Å²) in [6.07, 6.45) is 12.5. The van der Waals surface area contributed by atoms with Gasteiger partial charge in [0.2, 0.25) is 0 Å². The van der Waals surface area contributed by atoms with E-state index in [0.29, 0.717) is 29.9 Å². The molecule has 3 fully saturated rings. The molecule has 16 heteroatoms. The van der Waals surface area contributed by atoms with Crippen molar-refractivity contribution in [3.05, 3.63) is 93.9 Å². The molecule has 1 aliphatic carbocycles. The van der Waals surface area contributed by atoms with E-state index < -0.39 is 82.0 Å². The Morgan fingerprint density at radius 3 is 1.26 bits per heavy atom. The molecule has 0 radical (unpaired) electrons. The average Bonchev–Trinajstić information content (AvgIpc) is 3.07. The van der Waals surface area contributed by atoms with Gasteiger partial charge in [-0.05, 0) is 62.3 Å². The number of aliphatic hydroxyl groups is 2. The number of esters is 6. The highest BCUT2D eigenvalue weighted by atomic mass is 16.8. The second kappa shape index (κ2) is 15.1. The predicted octanol–water partition coefficient (Wildman–Crippen LogP) is 5.83. The van der Waals surface area contributed by atoms with E-state index in [9.17, 15) is 39.0 Å². The van der Waals surface area contributed by atoms with Gasteiger partial charge in [-0.2, -0.15) is 0 Å². The number of hydrogen-bond donors (Lipinski definition) is 2. The lowest BCUT2D eigenvalue weighted by atomic mass is 9.67. The van der Waals surface area contributed by atoms with Crippen molar-refractivity contribution < 1.29 is 76.9 Å². The van der Waals surface area contributed by atoms with Crippen molar-refractivity contribution >= 4 is 35.8 Å². The van der Waals surface area contributed by atoms with Crippen LogP contribution in [-0.2, 0) is 66.7 Å². The minimum absolute atomic E-state index is 0.0519. The van der Waals surface area contributed by atoms with Gasteiger partial charge in [-0.25, -0.2) is 28.8 Å². The molecule has 1 saturated carbocycles. The van der Waals surface area contributed by atoms with Crippen LogP contribution in [0.25, 0.3) is 0 Å². The number of carbonyl (C=O) groups excluding carboxylic acids is 6. The number of carbonyl (C=O) groups is 6. The Morgan fingerprint density at radius 2 is 0.912 bits per heavy atom. The molecular formula is C41H46O16. The topological polar surface area (TPSA) is 217 Å². The van der Waals surface area contributed by atoms with Crippen molar-refractivity contribution in [3.63, 3.8) is 0 Å². The van der Waals surface area contributed by atoms with Crippen LogP contribution in [0.4, 0.5) is 0 Å². The zero-order valence-corrected chi connectivity index (χ0v) is 33.1. The third-order valence-corrected chi connectivity index (χ3v) is 10.6. The summed E-state index contributed by atoms with van der Waals surface area (Å²) in [5.41, 5.74) is -0.669. The fourth-order valence-electron chi connectivity index (χ4n) is 6.25. The fraction of sp³-hybridized carbons (Fsp3) is 0.463. The molecule has 4 aliphatic heterocycles. The molecule has 2 unspecified atom stereocenters. The maximum absolute atomic E-state index is 13.1. The highest BCUT2D eigenvalue weighted by Crippen LogP contribution is 2.48. The zero-order chi connectivity index (χ0) is 42.3. The third kappa shape index (κ3) is 8.69. The van der Waals surface area contributed by atoms with Gasteiger partial charge in [0.15, 0.2) is 0 Å². The van der Waals surface area contributed by atoms with Crippen molar-refractivity contribution in [2.75, 3.05) is 0 Å². The van der Waals surface area contributed by atoms with Crippen LogP contribution in [0.5, 0.6) is 0 Å². The van der Waals surface area contributed by atoms with Crippen molar-refractivity contribution in [3.8, 4) is 0 Å². The van der Waals surface area contributed by atoms with E-state index in [1.807, 2.05) is 0 Å². The minimum atomic E-state index is -2.32. The van der Waals surface area contributed by atoms with E-state index in [2.05, 4.69) is 20.8 Å². The summed E-state index contributed by atoms with van der Waals surface area (Å²) >= 11 is 0. The van der Waals surface area contributed by atoms with Crippen LogP contribution < -0.4 is 0 Å². The highest BCUT2D eigenvalue weighted by molar-refractivity contribution is 6.16. The maximum atomic E-state index is 13.1. The van der Waals surface area contributed by atoms with Crippen LogP contribution in [0, 0.1) is 11.3 Å². The SMILES string of the molecule is CC(C=CC1=C(O)OC(C)(C2(C)OC(=O)C(/C=C/C(C)=C/C=C3C(=O)OC4(CCC(C)(C(C)C)CC4)OC3=O)=C(O)O2)OC1=O)=CC=C1C(=O)OC(C)(C)OC1=O. The molecule has 1 spiro atoms. The van der Waals surface area contributed by atoms with Gasteiger partial charge < -0.3 is 48.1 Å². The number of rotatable bonds is 8. The molecule has 16 nitrogen and oxygen atoms in total. The summed E-state index contributed by atoms with van der Waals surface area (Å²) in [4.78, 5) is 76.2. The maximum Gasteiger partial charge on any atom is 0.348 e. The van der Waals surface area contributed by atoms with Gasteiger partial charge in [0.1, 0.15) is 22.3 Å². The van der Waals surface area contributed by atoms with Gasteiger partial charge in [-0.1, -0.05) is 56.2 Å². The summed E-state index contributed by atoms with van der Waals surface area (Å²) in [6.45, 7) is 14.7. The van der Waals surface area contributed by atoms with Crippen molar-refractivity contribution in [1.82, 2.24) is 0 Å². The molecule has 5 rings (SSSR count). The van der Waals surface area contributed by atoms with E-state index in [-0.39, 0.29) is 16.6 Å². The normalized spacial score (nSPS) is 31.1. The largest absolute Gasteiger partial charge is 0.480 e. The molecule has 0 aromatic carbocycles. The van der Waals surface area contributed by atoms with Gasteiger partial charge in [-0.3, -0.25) is 0 Å². The van der Waals surface area contributed by atoms with E-state index in [1.165, 1.54) is 50.3 Å². The van der Waals surface area contributed by atoms with Gasteiger partial charge in [0.25, 0.3) is 23.5 Å². The lowest BCUT2D eigenvalue weighted by Gasteiger charge is -2.46. The summed E-state index contributed by atoms with van der Waals surface area (Å²) in [7, 11) is 0. The highest BCUT2D eigenvalue weighted by Gasteiger charge is 2.62. The Labute approximate surface area is 328 Å². The standard InChI is InChI=1S/C41H46O16/c1-22(2)38(7)18-20-41(21-19-38)56-35(48)28(36(49)57-41)17-13-24(4)12-16-27-33(46)54-40(9,55-34(27)47)39(8)52-31(44)26(32(45)53-39)15-11-23(3)10-14-25-29(42)50-37(5,6)51-30(25)43/h10-17,22,44,46H,18-21H2,1-9H3/b15-11?,16-12+,23-10?,24-13+,28-17?. The first kappa shape index (κ1) is 42.1. The van der Waals surface area contributed by atoms with Crippen molar-refractivity contribution in [1.29, 1.82) is 0 Å². The summed E-state index contributed by atoms with van der Waals surface area (Å²) in [6, 6.07) is 0. The summed E-state index contributed by atoms with van der Waals surface area (Å²) < 4.78 is 43.1. The van der Waals surface area contributed by atoms with Gasteiger partial charge >= 0.3 is 47.4 Å². The predicted molar refractivity (Wildman–Crippen MR) is 195 cm³/mol. The Morgan fingerprint density at radius 1 is 0.544 bits per heavy atom. The van der Waals surface area contributed by atoms with E-state index in [1.54, 1.807) is 13.8 Å². The van der Waals surface area contributed by atoms with Gasteiger partial charge in [-0.15, -0.1) is 0 Å².